The molecule has 24 heavy (non-hydrogen) atoms. The Kier molecular flexibility index (Phi) is 4.31. The smallest absolute Gasteiger partial charge is 0.225 e. The van der Waals surface area contributed by atoms with E-state index < -0.39 is 0 Å². The third kappa shape index (κ3) is 2.95. The second-order valence-electron chi connectivity index (χ2n) is 6.62. The van der Waals surface area contributed by atoms with Gasteiger partial charge in [0.05, 0.1) is 17.3 Å². The molecule has 0 unspecified atom stereocenters. The van der Waals surface area contributed by atoms with Crippen LogP contribution < -0.4 is 9.64 Å². The van der Waals surface area contributed by atoms with Crippen LogP contribution in [-0.4, -0.2) is 49.1 Å². The zero-order chi connectivity index (χ0) is 16.5. The van der Waals surface area contributed by atoms with Crippen LogP contribution in [0.4, 0.5) is 5.13 Å². The number of ether oxygens (including phenoxy) is 1. The minimum Gasteiger partial charge on any atom is -0.497 e. The fourth-order valence-electron chi connectivity index (χ4n) is 3.70. The van der Waals surface area contributed by atoms with Gasteiger partial charge >= 0.3 is 0 Å². The van der Waals surface area contributed by atoms with Crippen LogP contribution in [0.2, 0.25) is 0 Å². The van der Waals surface area contributed by atoms with Gasteiger partial charge in [-0.05, 0) is 31.0 Å². The van der Waals surface area contributed by atoms with Crippen LogP contribution >= 0.6 is 11.3 Å². The summed E-state index contributed by atoms with van der Waals surface area (Å²) in [6.07, 6.45) is 4.59. The van der Waals surface area contributed by atoms with E-state index in [1.165, 1.54) is 12.8 Å². The molecule has 0 spiro atoms. The molecule has 2 fully saturated rings. The van der Waals surface area contributed by atoms with Crippen molar-refractivity contribution in [3.8, 4) is 5.75 Å². The van der Waals surface area contributed by atoms with Gasteiger partial charge in [0.1, 0.15) is 5.75 Å². The summed E-state index contributed by atoms with van der Waals surface area (Å²) in [6, 6.07) is 5.99. The number of aromatic nitrogens is 1. The highest BCUT2D eigenvalue weighted by molar-refractivity contribution is 7.22. The molecule has 6 heteroatoms. The van der Waals surface area contributed by atoms with Crippen LogP contribution in [0, 0.1) is 5.92 Å². The Balaban J connectivity index is 1.42. The molecule has 4 rings (SSSR count). The lowest BCUT2D eigenvalue weighted by molar-refractivity contribution is -0.135. The SMILES string of the molecule is COc1ccc2nc(N3CCN(C(=O)C4CCCC4)CC3)sc2c1. The van der Waals surface area contributed by atoms with Crippen molar-refractivity contribution in [3.05, 3.63) is 18.2 Å². The monoisotopic (exact) mass is 345 g/mol. The van der Waals surface area contributed by atoms with Gasteiger partial charge in [0, 0.05) is 32.1 Å². The van der Waals surface area contributed by atoms with Gasteiger partial charge in [0.15, 0.2) is 5.13 Å². The molecular formula is C18H23N3O2S. The summed E-state index contributed by atoms with van der Waals surface area (Å²) < 4.78 is 6.43. The highest BCUT2D eigenvalue weighted by Gasteiger charge is 2.30. The lowest BCUT2D eigenvalue weighted by Crippen LogP contribution is -2.50. The van der Waals surface area contributed by atoms with E-state index in [9.17, 15) is 4.79 Å². The summed E-state index contributed by atoms with van der Waals surface area (Å²) in [6.45, 7) is 3.37. The van der Waals surface area contributed by atoms with Crippen LogP contribution in [0.3, 0.4) is 0 Å². The maximum Gasteiger partial charge on any atom is 0.225 e. The molecule has 0 radical (unpaired) electrons. The maximum atomic E-state index is 12.5. The quantitative estimate of drug-likeness (QED) is 0.857. The van der Waals surface area contributed by atoms with Crippen LogP contribution in [-0.2, 0) is 4.79 Å². The Hall–Kier alpha value is -1.82. The molecule has 1 aromatic carbocycles. The van der Waals surface area contributed by atoms with E-state index in [1.54, 1.807) is 18.4 Å². The van der Waals surface area contributed by atoms with E-state index in [0.717, 1.165) is 60.1 Å². The topological polar surface area (TPSA) is 45.7 Å². The predicted molar refractivity (Wildman–Crippen MR) is 96.9 cm³/mol. The highest BCUT2D eigenvalue weighted by Crippen LogP contribution is 2.32. The molecule has 0 N–H and O–H groups in total. The normalized spacial score (nSPS) is 19.2. The summed E-state index contributed by atoms with van der Waals surface area (Å²) in [5, 5.41) is 1.05. The number of rotatable bonds is 3. The summed E-state index contributed by atoms with van der Waals surface area (Å²) in [5.74, 6) is 1.53. The number of thiazole rings is 1. The molecule has 128 valence electrons. The van der Waals surface area contributed by atoms with Gasteiger partial charge in [-0.3, -0.25) is 4.79 Å². The zero-order valence-corrected chi connectivity index (χ0v) is 14.8. The van der Waals surface area contributed by atoms with Crippen LogP contribution in [0.1, 0.15) is 25.7 Å². The number of carbonyl (C=O) groups is 1. The summed E-state index contributed by atoms with van der Waals surface area (Å²) in [5.41, 5.74) is 1.01. The van der Waals surface area contributed by atoms with Crippen molar-refractivity contribution >= 4 is 32.6 Å². The number of anilines is 1. The van der Waals surface area contributed by atoms with Gasteiger partial charge < -0.3 is 14.5 Å². The number of piperazine rings is 1. The van der Waals surface area contributed by atoms with E-state index in [-0.39, 0.29) is 5.92 Å². The molecule has 1 saturated heterocycles. The van der Waals surface area contributed by atoms with Gasteiger partial charge in [-0.25, -0.2) is 4.98 Å². The summed E-state index contributed by atoms with van der Waals surface area (Å²) >= 11 is 1.70. The van der Waals surface area contributed by atoms with E-state index in [2.05, 4.69) is 9.80 Å². The van der Waals surface area contributed by atoms with Crippen LogP contribution in [0.5, 0.6) is 5.75 Å². The number of fused-ring (bicyclic) bond motifs is 1. The van der Waals surface area contributed by atoms with Crippen LogP contribution in [0.25, 0.3) is 10.2 Å². The van der Waals surface area contributed by atoms with Gasteiger partial charge in [-0.15, -0.1) is 0 Å². The van der Waals surface area contributed by atoms with Gasteiger partial charge in [-0.1, -0.05) is 24.2 Å². The fraction of sp³-hybridized carbons (Fsp3) is 0.556. The Bertz CT molecular complexity index is 731. The minimum atomic E-state index is 0.284. The van der Waals surface area contributed by atoms with Crippen molar-refractivity contribution in [2.45, 2.75) is 25.7 Å². The standard InChI is InChI=1S/C18H23N3O2S/c1-23-14-6-7-15-16(12-14)24-18(19-15)21-10-8-20(9-11-21)17(22)13-4-2-3-5-13/h6-7,12-13H,2-5,8-11H2,1H3. The van der Waals surface area contributed by atoms with Crippen LogP contribution in [0.15, 0.2) is 18.2 Å². The lowest BCUT2D eigenvalue weighted by Gasteiger charge is -2.35. The van der Waals surface area contributed by atoms with E-state index in [1.807, 2.05) is 18.2 Å². The molecule has 1 saturated carbocycles. The lowest BCUT2D eigenvalue weighted by atomic mass is 10.1. The predicted octanol–water partition coefficient (Wildman–Crippen LogP) is 3.14. The number of amides is 1. The number of benzene rings is 1. The molecule has 1 amide bonds. The number of hydrogen-bond donors (Lipinski definition) is 0. The van der Waals surface area contributed by atoms with Crippen molar-refractivity contribution in [1.82, 2.24) is 9.88 Å². The Labute approximate surface area is 146 Å². The Morgan fingerprint density at radius 1 is 1.21 bits per heavy atom. The third-order valence-electron chi connectivity index (χ3n) is 5.15. The van der Waals surface area contributed by atoms with Crippen molar-refractivity contribution in [3.63, 3.8) is 0 Å². The first-order valence-electron chi connectivity index (χ1n) is 8.73. The summed E-state index contributed by atoms with van der Waals surface area (Å²) in [7, 11) is 1.68. The largest absolute Gasteiger partial charge is 0.497 e. The van der Waals surface area contributed by atoms with Crippen molar-refractivity contribution in [2.75, 3.05) is 38.2 Å². The molecule has 0 atom stereocenters. The van der Waals surface area contributed by atoms with Gasteiger partial charge in [0.25, 0.3) is 0 Å². The average Bonchev–Trinajstić information content (AvgIpc) is 3.30. The molecular weight excluding hydrogens is 322 g/mol. The number of hydrogen-bond acceptors (Lipinski definition) is 5. The first-order chi connectivity index (χ1) is 11.7. The first kappa shape index (κ1) is 15.7. The minimum absolute atomic E-state index is 0.284. The Morgan fingerprint density at radius 3 is 2.67 bits per heavy atom. The number of carbonyl (C=O) groups excluding carboxylic acids is 1. The zero-order valence-electron chi connectivity index (χ0n) is 14.0. The highest BCUT2D eigenvalue weighted by atomic mass is 32.1. The molecule has 2 aromatic rings. The molecule has 2 aliphatic rings. The molecule has 1 aromatic heterocycles. The second-order valence-corrected chi connectivity index (χ2v) is 7.63. The van der Waals surface area contributed by atoms with Crippen molar-refractivity contribution in [1.29, 1.82) is 0 Å². The molecule has 5 nitrogen and oxygen atoms in total. The van der Waals surface area contributed by atoms with Crippen molar-refractivity contribution in [2.24, 2.45) is 5.92 Å². The number of methoxy groups -OCH3 is 1. The van der Waals surface area contributed by atoms with E-state index in [4.69, 9.17) is 9.72 Å². The molecule has 0 bridgehead atoms. The molecule has 1 aliphatic carbocycles. The Morgan fingerprint density at radius 2 is 1.96 bits per heavy atom. The maximum absolute atomic E-state index is 12.5. The van der Waals surface area contributed by atoms with E-state index >= 15 is 0 Å². The van der Waals surface area contributed by atoms with Crippen molar-refractivity contribution < 1.29 is 9.53 Å². The molecule has 1 aliphatic heterocycles. The van der Waals surface area contributed by atoms with Gasteiger partial charge in [-0.2, -0.15) is 0 Å². The third-order valence-corrected chi connectivity index (χ3v) is 6.23. The second kappa shape index (κ2) is 6.59. The van der Waals surface area contributed by atoms with E-state index in [0.29, 0.717) is 5.91 Å². The number of nitrogens with zero attached hydrogens (tertiary/aromatic N) is 3. The first-order valence-corrected chi connectivity index (χ1v) is 9.54. The summed E-state index contributed by atoms with van der Waals surface area (Å²) in [4.78, 5) is 21.6. The average molecular weight is 345 g/mol. The van der Waals surface area contributed by atoms with Gasteiger partial charge in [0.2, 0.25) is 5.91 Å². The fourth-order valence-corrected chi connectivity index (χ4v) is 4.75. The molecule has 2 heterocycles.